The summed E-state index contributed by atoms with van der Waals surface area (Å²) in [5.41, 5.74) is 5.62. The second-order valence-corrected chi connectivity index (χ2v) is 9.70. The van der Waals surface area contributed by atoms with Crippen molar-refractivity contribution in [3.63, 3.8) is 0 Å². The number of allylic oxidation sites excluding steroid dienone is 2. The Balaban J connectivity index is 3.59. The second kappa shape index (κ2) is 21.6. The molecule has 0 fully saturated rings. The molecule has 0 heterocycles. The van der Waals surface area contributed by atoms with Crippen LogP contribution >= 0.6 is 7.82 Å². The maximum Gasteiger partial charge on any atom is 0.472 e. The molecule has 0 aromatic rings. The fourth-order valence-electron chi connectivity index (χ4n) is 3.28. The summed E-state index contributed by atoms with van der Waals surface area (Å²) in [4.78, 5) is 9.65. The van der Waals surface area contributed by atoms with Gasteiger partial charge in [-0.3, -0.25) is 9.05 Å². The minimum atomic E-state index is -4.28. The van der Waals surface area contributed by atoms with Crippen molar-refractivity contribution in [1.82, 2.24) is 0 Å². The van der Waals surface area contributed by atoms with Crippen molar-refractivity contribution >= 4 is 7.82 Å². The van der Waals surface area contributed by atoms with Crippen LogP contribution in [-0.4, -0.2) is 47.1 Å². The van der Waals surface area contributed by atoms with Gasteiger partial charge in [-0.1, -0.05) is 83.3 Å². The summed E-state index contributed by atoms with van der Waals surface area (Å²) in [6, 6.07) is 0. The lowest BCUT2D eigenvalue weighted by Crippen LogP contribution is -2.24. The van der Waals surface area contributed by atoms with E-state index >= 15 is 0 Å². The van der Waals surface area contributed by atoms with Gasteiger partial charge in [0.15, 0.2) is 0 Å². The first-order chi connectivity index (χ1) is 14.9. The van der Waals surface area contributed by atoms with Crippen LogP contribution in [0.1, 0.15) is 103 Å². The van der Waals surface area contributed by atoms with Crippen molar-refractivity contribution in [2.75, 3.05) is 19.8 Å². The molecule has 5 N–H and O–H groups in total. The first-order valence-corrected chi connectivity index (χ1v) is 13.7. The highest BCUT2D eigenvalue weighted by Gasteiger charge is 2.26. The molecule has 0 aromatic carbocycles. The highest BCUT2D eigenvalue weighted by molar-refractivity contribution is 7.47. The van der Waals surface area contributed by atoms with E-state index in [4.69, 9.17) is 15.4 Å². The molecule has 0 saturated carbocycles. The van der Waals surface area contributed by atoms with Gasteiger partial charge in [0.05, 0.1) is 19.3 Å². The summed E-state index contributed by atoms with van der Waals surface area (Å²) < 4.78 is 21.6. The van der Waals surface area contributed by atoms with E-state index in [2.05, 4.69) is 23.6 Å². The summed E-state index contributed by atoms with van der Waals surface area (Å²) in [5, 5.41) is 17.9. The third-order valence-corrected chi connectivity index (χ3v) is 6.26. The fraction of sp³-hybridized carbons (Fsp3) is 0.913. The van der Waals surface area contributed by atoms with E-state index in [0.717, 1.165) is 25.7 Å². The molecule has 186 valence electrons. The van der Waals surface area contributed by atoms with E-state index in [1.54, 1.807) is 0 Å². The van der Waals surface area contributed by atoms with Gasteiger partial charge in [0.2, 0.25) is 0 Å². The van der Waals surface area contributed by atoms with E-state index in [9.17, 15) is 14.6 Å². The summed E-state index contributed by atoms with van der Waals surface area (Å²) in [5.74, 6) is 0. The third-order valence-electron chi connectivity index (χ3n) is 5.22. The topological polar surface area (TPSA) is 122 Å². The fourth-order valence-corrected chi connectivity index (χ4v) is 4.27. The molecular formula is C23H48NO6P. The van der Waals surface area contributed by atoms with Gasteiger partial charge >= 0.3 is 7.82 Å². The van der Waals surface area contributed by atoms with Crippen molar-refractivity contribution in [1.29, 1.82) is 0 Å². The van der Waals surface area contributed by atoms with Crippen LogP contribution in [0.4, 0.5) is 0 Å². The van der Waals surface area contributed by atoms with Crippen LogP contribution in [0.25, 0.3) is 0 Å². The Hall–Kier alpha value is -0.270. The second-order valence-electron chi connectivity index (χ2n) is 8.29. The zero-order valence-corrected chi connectivity index (χ0v) is 20.5. The molecule has 31 heavy (non-hydrogen) atoms. The van der Waals surface area contributed by atoms with E-state index in [-0.39, 0.29) is 6.54 Å². The summed E-state index contributed by atoms with van der Waals surface area (Å²) in [7, 11) is -4.28. The molecule has 8 heteroatoms. The number of phosphoric ester groups is 1. The van der Waals surface area contributed by atoms with Crippen molar-refractivity contribution in [2.45, 2.75) is 115 Å². The average molecular weight is 466 g/mol. The van der Waals surface area contributed by atoms with Crippen molar-refractivity contribution in [2.24, 2.45) is 5.73 Å². The van der Waals surface area contributed by atoms with Gasteiger partial charge in [0.25, 0.3) is 0 Å². The lowest BCUT2D eigenvalue weighted by Gasteiger charge is -2.20. The normalized spacial score (nSPS) is 15.9. The third kappa shape index (κ3) is 21.3. The van der Waals surface area contributed by atoms with Crippen LogP contribution in [0.3, 0.4) is 0 Å². The molecule has 0 aliphatic carbocycles. The molecule has 0 aliphatic rings. The largest absolute Gasteiger partial charge is 0.472 e. The Morgan fingerprint density at radius 1 is 0.903 bits per heavy atom. The molecule has 3 atom stereocenters. The van der Waals surface area contributed by atoms with Crippen molar-refractivity contribution < 1.29 is 28.7 Å². The highest BCUT2D eigenvalue weighted by atomic mass is 31.2. The van der Waals surface area contributed by atoms with Crippen molar-refractivity contribution in [3.05, 3.63) is 12.2 Å². The maximum atomic E-state index is 11.8. The number of hydrogen-bond donors (Lipinski definition) is 4. The standard InChI is InChI=1S/C23H48NO6P/c1-2-3-4-5-6-7-8-9-10-11-12-13-14-15-16-17-18-23(19-24)30-31(27,28)29-21-22(26)20-25/h9-10,22-23,25-26H,2-8,11-21,24H2,1H3,(H,27,28)/b10-9-/t22-,23?/m1/s1. The Kier molecular flexibility index (Phi) is 21.4. The van der Waals surface area contributed by atoms with E-state index in [0.29, 0.717) is 6.42 Å². The first kappa shape index (κ1) is 30.7. The Morgan fingerprint density at radius 3 is 1.94 bits per heavy atom. The summed E-state index contributed by atoms with van der Waals surface area (Å²) in [6.07, 6.45) is 20.7. The average Bonchev–Trinajstić information content (AvgIpc) is 2.76. The Labute approximate surface area is 190 Å². The molecule has 0 spiro atoms. The van der Waals surface area contributed by atoms with Gasteiger partial charge in [0.1, 0.15) is 6.10 Å². The van der Waals surface area contributed by atoms with Gasteiger partial charge in [0, 0.05) is 6.54 Å². The molecule has 0 aromatic heterocycles. The molecule has 0 saturated heterocycles. The quantitative estimate of drug-likeness (QED) is 0.0926. The molecule has 0 bridgehead atoms. The molecule has 0 radical (unpaired) electrons. The highest BCUT2D eigenvalue weighted by Crippen LogP contribution is 2.45. The molecule has 0 rings (SSSR count). The van der Waals surface area contributed by atoms with E-state index in [1.807, 2.05) is 0 Å². The van der Waals surface area contributed by atoms with Crippen LogP contribution in [0.2, 0.25) is 0 Å². The van der Waals surface area contributed by atoms with E-state index < -0.39 is 33.2 Å². The minimum Gasteiger partial charge on any atom is -0.394 e. The number of nitrogens with two attached hydrogens (primary N) is 1. The Morgan fingerprint density at radius 2 is 1.42 bits per heavy atom. The zero-order chi connectivity index (χ0) is 23.2. The predicted molar refractivity (Wildman–Crippen MR) is 127 cm³/mol. The number of hydrogen-bond acceptors (Lipinski definition) is 6. The summed E-state index contributed by atoms with van der Waals surface area (Å²) >= 11 is 0. The monoisotopic (exact) mass is 465 g/mol. The Bertz CT molecular complexity index is 463. The van der Waals surface area contributed by atoms with Crippen LogP contribution in [0.15, 0.2) is 12.2 Å². The number of aliphatic hydroxyl groups excluding tert-OH is 2. The van der Waals surface area contributed by atoms with Gasteiger partial charge < -0.3 is 20.8 Å². The summed E-state index contributed by atoms with van der Waals surface area (Å²) in [6.45, 7) is 1.37. The predicted octanol–water partition coefficient (Wildman–Crippen LogP) is 5.23. The lowest BCUT2D eigenvalue weighted by atomic mass is 10.1. The maximum absolute atomic E-state index is 11.8. The number of rotatable bonds is 23. The molecule has 2 unspecified atom stereocenters. The van der Waals surface area contributed by atoms with Crippen molar-refractivity contribution in [3.8, 4) is 0 Å². The SMILES string of the molecule is CCCCCCCC/C=C\CCCCCCCCC(CN)OP(=O)(O)OC[C@H](O)CO. The molecule has 7 nitrogen and oxygen atoms in total. The smallest absolute Gasteiger partial charge is 0.394 e. The van der Waals surface area contributed by atoms with Crippen LogP contribution < -0.4 is 5.73 Å². The zero-order valence-electron chi connectivity index (χ0n) is 19.6. The number of unbranched alkanes of at least 4 members (excludes halogenated alkanes) is 12. The van der Waals surface area contributed by atoms with Gasteiger partial charge in [-0.2, -0.15) is 0 Å². The lowest BCUT2D eigenvalue weighted by molar-refractivity contribution is 0.0285. The first-order valence-electron chi connectivity index (χ1n) is 12.2. The molecule has 0 aliphatic heterocycles. The minimum absolute atomic E-state index is 0.127. The molecular weight excluding hydrogens is 417 g/mol. The van der Waals surface area contributed by atoms with Gasteiger partial charge in [-0.15, -0.1) is 0 Å². The number of aliphatic hydroxyl groups is 2. The van der Waals surface area contributed by atoms with E-state index in [1.165, 1.54) is 64.2 Å². The van der Waals surface area contributed by atoms with Gasteiger partial charge in [-0.25, -0.2) is 4.57 Å². The number of phosphoric acid groups is 1. The molecule has 0 amide bonds. The van der Waals surface area contributed by atoms with Gasteiger partial charge in [-0.05, 0) is 32.1 Å². The van der Waals surface area contributed by atoms with Crippen LogP contribution in [0.5, 0.6) is 0 Å². The van der Waals surface area contributed by atoms with Crippen LogP contribution in [-0.2, 0) is 13.6 Å². The van der Waals surface area contributed by atoms with Crippen LogP contribution in [0, 0.1) is 0 Å².